The van der Waals surface area contributed by atoms with Gasteiger partial charge in [0.15, 0.2) is 0 Å². The van der Waals surface area contributed by atoms with Gasteiger partial charge in [-0.25, -0.2) is 13.1 Å². The first kappa shape index (κ1) is 18.4. The molecule has 4 rings (SSSR count). The van der Waals surface area contributed by atoms with Crippen LogP contribution in [0.5, 0.6) is 0 Å². The maximum absolute atomic E-state index is 13.0. The topological polar surface area (TPSA) is 68.2 Å². The molecule has 1 N–H and O–H groups in total. The van der Waals surface area contributed by atoms with E-state index in [-0.39, 0.29) is 21.9 Å². The van der Waals surface area contributed by atoms with E-state index in [9.17, 15) is 13.2 Å². The van der Waals surface area contributed by atoms with Gasteiger partial charge in [0.25, 0.3) is 0 Å². The molecular weight excluding hydrogens is 380 g/mol. The third-order valence-electron chi connectivity index (χ3n) is 5.08. The Morgan fingerprint density at radius 3 is 2.74 bits per heavy atom. The second-order valence-corrected chi connectivity index (χ2v) is 9.93. The molecule has 0 bridgehead atoms. The summed E-state index contributed by atoms with van der Waals surface area (Å²) in [6, 6.07) is 12.8. The fourth-order valence-electron chi connectivity index (χ4n) is 3.80. The largest absolute Gasteiger partial charge is 0.308 e. The number of hydrogen-bond acceptors (Lipinski definition) is 4. The average Bonchev–Trinajstić information content (AvgIpc) is 2.97. The number of nitrogens with one attached hydrogen (secondary N) is 1. The number of thiazole rings is 1. The van der Waals surface area contributed by atoms with Gasteiger partial charge >= 0.3 is 4.87 Å². The highest BCUT2D eigenvalue weighted by atomic mass is 32.2. The summed E-state index contributed by atoms with van der Waals surface area (Å²) in [6.07, 6.45) is 2.73. The van der Waals surface area contributed by atoms with E-state index in [4.69, 9.17) is 0 Å². The molecule has 3 aromatic rings. The zero-order chi connectivity index (χ0) is 19.2. The first-order valence-electron chi connectivity index (χ1n) is 9.12. The number of sulfonamides is 1. The minimum Gasteiger partial charge on any atom is -0.296 e. The summed E-state index contributed by atoms with van der Waals surface area (Å²) in [6.45, 7) is 3.89. The second-order valence-electron chi connectivity index (χ2n) is 7.23. The summed E-state index contributed by atoms with van der Waals surface area (Å²) >= 11 is 1.09. The first-order chi connectivity index (χ1) is 12.9. The highest BCUT2D eigenvalue weighted by Crippen LogP contribution is 2.31. The standard InChI is InChI=1S/C20H22N2O3S2/c1-13(2)22-18-11-10-15(12-19(18)26-20(22)23)27(24,25)21-17-9-5-7-14-6-3-4-8-16(14)17/h3-4,6,8,10-13,17,21H,5,7,9H2,1-2H3. The zero-order valence-electron chi connectivity index (χ0n) is 15.3. The molecule has 1 atom stereocenters. The number of aromatic nitrogens is 1. The Kier molecular flexibility index (Phi) is 4.70. The maximum atomic E-state index is 13.0. The number of aryl methyl sites for hydroxylation is 1. The molecule has 0 aliphatic heterocycles. The predicted octanol–water partition coefficient (Wildman–Crippen LogP) is 4.00. The van der Waals surface area contributed by atoms with E-state index in [2.05, 4.69) is 10.8 Å². The van der Waals surface area contributed by atoms with Crippen molar-refractivity contribution in [1.82, 2.24) is 9.29 Å². The van der Waals surface area contributed by atoms with Crippen molar-refractivity contribution in [2.24, 2.45) is 0 Å². The molecule has 1 aliphatic carbocycles. The van der Waals surface area contributed by atoms with Gasteiger partial charge in [-0.05, 0) is 62.4 Å². The van der Waals surface area contributed by atoms with Gasteiger partial charge in [0, 0.05) is 12.1 Å². The Labute approximate surface area is 162 Å². The van der Waals surface area contributed by atoms with Gasteiger partial charge in [0.2, 0.25) is 10.0 Å². The summed E-state index contributed by atoms with van der Waals surface area (Å²) in [5, 5.41) is 0. The van der Waals surface area contributed by atoms with Crippen LogP contribution in [0.25, 0.3) is 10.2 Å². The molecule has 0 radical (unpaired) electrons. The van der Waals surface area contributed by atoms with Crippen LogP contribution in [0.2, 0.25) is 0 Å². The minimum atomic E-state index is -3.67. The fraction of sp³-hybridized carbons (Fsp3) is 0.350. The van der Waals surface area contributed by atoms with Gasteiger partial charge in [-0.1, -0.05) is 35.6 Å². The van der Waals surface area contributed by atoms with Crippen molar-refractivity contribution < 1.29 is 8.42 Å². The van der Waals surface area contributed by atoms with Gasteiger partial charge in [-0.15, -0.1) is 0 Å². The number of nitrogens with zero attached hydrogens (tertiary/aromatic N) is 1. The summed E-state index contributed by atoms with van der Waals surface area (Å²) in [5.74, 6) is 0. The van der Waals surface area contributed by atoms with Gasteiger partial charge < -0.3 is 0 Å². The van der Waals surface area contributed by atoms with Gasteiger partial charge in [-0.3, -0.25) is 9.36 Å². The van der Waals surface area contributed by atoms with E-state index in [1.165, 1.54) is 5.56 Å². The molecular formula is C20H22N2O3S2. The van der Waals surface area contributed by atoms with Crippen LogP contribution < -0.4 is 9.60 Å². The van der Waals surface area contributed by atoms with Crippen LogP contribution in [0.3, 0.4) is 0 Å². The molecule has 0 saturated carbocycles. The zero-order valence-corrected chi connectivity index (χ0v) is 16.9. The van der Waals surface area contributed by atoms with E-state index >= 15 is 0 Å². The molecule has 1 unspecified atom stereocenters. The molecule has 2 aromatic carbocycles. The summed E-state index contributed by atoms with van der Waals surface area (Å²) in [4.78, 5) is 12.3. The second kappa shape index (κ2) is 6.89. The maximum Gasteiger partial charge on any atom is 0.308 e. The van der Waals surface area contributed by atoms with Crippen molar-refractivity contribution in [3.8, 4) is 0 Å². The lowest BCUT2D eigenvalue weighted by molar-refractivity contribution is 0.507. The Morgan fingerprint density at radius 1 is 1.19 bits per heavy atom. The van der Waals surface area contributed by atoms with Gasteiger partial charge in [0.05, 0.1) is 15.1 Å². The lowest BCUT2D eigenvalue weighted by Crippen LogP contribution is -2.31. The Hall–Kier alpha value is -1.96. The average molecular weight is 403 g/mol. The number of benzene rings is 2. The van der Waals surface area contributed by atoms with E-state index in [1.807, 2.05) is 32.0 Å². The normalized spacial score (nSPS) is 17.4. The summed E-state index contributed by atoms with van der Waals surface area (Å²) in [7, 11) is -3.67. The fourth-order valence-corrected chi connectivity index (χ4v) is 6.21. The molecule has 27 heavy (non-hydrogen) atoms. The molecule has 0 amide bonds. The molecule has 1 aliphatic rings. The Morgan fingerprint density at radius 2 is 1.96 bits per heavy atom. The molecule has 0 saturated heterocycles. The SMILES string of the molecule is CC(C)n1c(=O)sc2cc(S(=O)(=O)NC3CCCc4ccccc43)ccc21. The Balaban J connectivity index is 1.70. The third kappa shape index (κ3) is 3.35. The molecule has 0 spiro atoms. The van der Waals surface area contributed by atoms with Crippen LogP contribution in [0.4, 0.5) is 0 Å². The molecule has 5 nitrogen and oxygen atoms in total. The lowest BCUT2D eigenvalue weighted by atomic mass is 9.88. The van der Waals surface area contributed by atoms with Crippen molar-refractivity contribution in [1.29, 1.82) is 0 Å². The Bertz CT molecular complexity index is 1160. The lowest BCUT2D eigenvalue weighted by Gasteiger charge is -2.26. The van der Waals surface area contributed by atoms with Crippen LogP contribution in [0, 0.1) is 0 Å². The highest BCUT2D eigenvalue weighted by Gasteiger charge is 2.26. The number of hydrogen-bond donors (Lipinski definition) is 1. The molecule has 0 fully saturated rings. The van der Waals surface area contributed by atoms with Crippen LogP contribution in [-0.2, 0) is 16.4 Å². The van der Waals surface area contributed by atoms with Crippen molar-refractivity contribution in [3.63, 3.8) is 0 Å². The minimum absolute atomic E-state index is 0.0329. The number of fused-ring (bicyclic) bond motifs is 2. The van der Waals surface area contributed by atoms with Crippen LogP contribution in [-0.4, -0.2) is 13.0 Å². The third-order valence-corrected chi connectivity index (χ3v) is 7.47. The van der Waals surface area contributed by atoms with Crippen molar-refractivity contribution in [3.05, 3.63) is 63.3 Å². The predicted molar refractivity (Wildman–Crippen MR) is 109 cm³/mol. The molecule has 142 valence electrons. The van der Waals surface area contributed by atoms with Crippen molar-refractivity contribution in [2.45, 2.75) is 50.1 Å². The number of rotatable bonds is 4. The van der Waals surface area contributed by atoms with E-state index in [0.29, 0.717) is 4.70 Å². The van der Waals surface area contributed by atoms with Crippen LogP contribution >= 0.6 is 11.3 Å². The van der Waals surface area contributed by atoms with Crippen molar-refractivity contribution >= 4 is 31.6 Å². The highest BCUT2D eigenvalue weighted by molar-refractivity contribution is 7.89. The smallest absolute Gasteiger partial charge is 0.296 e. The van der Waals surface area contributed by atoms with Crippen molar-refractivity contribution in [2.75, 3.05) is 0 Å². The summed E-state index contributed by atoms with van der Waals surface area (Å²) < 4.78 is 31.2. The quantitative estimate of drug-likeness (QED) is 0.717. The van der Waals surface area contributed by atoms with E-state index in [0.717, 1.165) is 41.7 Å². The van der Waals surface area contributed by atoms with Crippen LogP contribution in [0.15, 0.2) is 52.2 Å². The summed E-state index contributed by atoms with van der Waals surface area (Å²) in [5.41, 5.74) is 3.05. The first-order valence-corrected chi connectivity index (χ1v) is 11.4. The van der Waals surface area contributed by atoms with Gasteiger partial charge in [-0.2, -0.15) is 0 Å². The van der Waals surface area contributed by atoms with E-state index in [1.54, 1.807) is 22.8 Å². The van der Waals surface area contributed by atoms with Crippen LogP contribution in [0.1, 0.15) is 49.9 Å². The molecule has 1 heterocycles. The van der Waals surface area contributed by atoms with Gasteiger partial charge in [0.1, 0.15) is 0 Å². The monoisotopic (exact) mass is 402 g/mol. The van der Waals surface area contributed by atoms with E-state index < -0.39 is 10.0 Å². The molecule has 1 aromatic heterocycles. The molecule has 7 heteroatoms.